The van der Waals surface area contributed by atoms with Gasteiger partial charge in [0.2, 0.25) is 5.91 Å². The van der Waals surface area contributed by atoms with Gasteiger partial charge in [0.1, 0.15) is 0 Å². The molecule has 1 aliphatic heterocycles. The smallest absolute Gasteiger partial charge is 0.243 e. The molecule has 0 saturated carbocycles. The predicted octanol–water partition coefficient (Wildman–Crippen LogP) is -0.524. The van der Waals surface area contributed by atoms with Gasteiger partial charge in [0, 0.05) is 6.04 Å². The van der Waals surface area contributed by atoms with Gasteiger partial charge >= 0.3 is 0 Å². The summed E-state index contributed by atoms with van der Waals surface area (Å²) in [4.78, 5) is 10.8. The Kier molecular flexibility index (Phi) is 2.52. The van der Waals surface area contributed by atoms with Crippen molar-refractivity contribution < 1.29 is 13.2 Å². The van der Waals surface area contributed by atoms with E-state index in [1.54, 1.807) is 0 Å². The zero-order valence-corrected chi connectivity index (χ0v) is 7.43. The van der Waals surface area contributed by atoms with E-state index in [1.807, 2.05) is 0 Å². The van der Waals surface area contributed by atoms with Crippen molar-refractivity contribution in [2.45, 2.75) is 12.5 Å². The van der Waals surface area contributed by atoms with Crippen LogP contribution in [0.25, 0.3) is 0 Å². The highest BCUT2D eigenvalue weighted by atomic mass is 32.2. The fourth-order valence-electron chi connectivity index (χ4n) is 1.17. The van der Waals surface area contributed by atoms with E-state index in [0.29, 0.717) is 6.42 Å². The van der Waals surface area contributed by atoms with Crippen molar-refractivity contribution in [2.24, 2.45) is 0 Å². The fourth-order valence-corrected chi connectivity index (χ4v) is 2.84. The maximum atomic E-state index is 10.9. The molecule has 0 unspecified atom stereocenters. The Morgan fingerprint density at radius 1 is 1.58 bits per heavy atom. The van der Waals surface area contributed by atoms with Crippen LogP contribution in [0.3, 0.4) is 0 Å². The first-order chi connectivity index (χ1) is 5.53. The van der Waals surface area contributed by atoms with Crippen LogP contribution < -0.4 is 5.32 Å². The Bertz CT molecular complexity index is 294. The quantitative estimate of drug-likeness (QED) is 0.594. The number of nitrogens with one attached hydrogen (secondary N) is 1. The molecule has 0 aromatic heterocycles. The SMILES string of the molecule is C=CC(=O)N[C@@H]1CCS(=O)(=O)C1. The van der Waals surface area contributed by atoms with Gasteiger partial charge in [-0.15, -0.1) is 0 Å². The average Bonchev–Trinajstić information content (AvgIpc) is 2.30. The van der Waals surface area contributed by atoms with Crippen molar-refractivity contribution in [1.82, 2.24) is 5.32 Å². The summed E-state index contributed by atoms with van der Waals surface area (Å²) < 4.78 is 21.9. The van der Waals surface area contributed by atoms with E-state index in [9.17, 15) is 13.2 Å². The zero-order valence-electron chi connectivity index (χ0n) is 6.62. The first-order valence-electron chi connectivity index (χ1n) is 3.67. The number of carbonyl (C=O) groups excluding carboxylic acids is 1. The maximum absolute atomic E-state index is 10.9. The molecular formula is C7H11NO3S. The Morgan fingerprint density at radius 2 is 2.25 bits per heavy atom. The summed E-state index contributed by atoms with van der Waals surface area (Å²) in [5.74, 6) is -0.0705. The largest absolute Gasteiger partial charge is 0.349 e. The first kappa shape index (κ1) is 9.25. The normalized spacial score (nSPS) is 26.5. The highest BCUT2D eigenvalue weighted by Crippen LogP contribution is 2.10. The molecule has 1 aliphatic rings. The predicted molar refractivity (Wildman–Crippen MR) is 45.4 cm³/mol. The van der Waals surface area contributed by atoms with Crippen molar-refractivity contribution >= 4 is 15.7 Å². The van der Waals surface area contributed by atoms with Crippen molar-refractivity contribution in [1.29, 1.82) is 0 Å². The minimum absolute atomic E-state index is 0.0621. The maximum Gasteiger partial charge on any atom is 0.243 e. The summed E-state index contributed by atoms with van der Waals surface area (Å²) in [6, 6.07) is -0.222. The molecule has 0 bridgehead atoms. The fraction of sp³-hybridized carbons (Fsp3) is 0.571. The van der Waals surface area contributed by atoms with Gasteiger partial charge in [0.25, 0.3) is 0 Å². The summed E-state index contributed by atoms with van der Waals surface area (Å²) in [5.41, 5.74) is 0. The molecule has 1 N–H and O–H groups in total. The number of rotatable bonds is 2. The van der Waals surface area contributed by atoms with Crippen LogP contribution in [0.15, 0.2) is 12.7 Å². The van der Waals surface area contributed by atoms with Crippen molar-refractivity contribution in [2.75, 3.05) is 11.5 Å². The van der Waals surface area contributed by atoms with E-state index in [0.717, 1.165) is 6.08 Å². The molecule has 5 heteroatoms. The third-order valence-electron chi connectivity index (χ3n) is 1.76. The molecule has 1 atom stereocenters. The van der Waals surface area contributed by atoms with Gasteiger partial charge in [-0.05, 0) is 12.5 Å². The molecular weight excluding hydrogens is 178 g/mol. The number of amides is 1. The molecule has 1 heterocycles. The molecule has 1 amide bonds. The molecule has 1 saturated heterocycles. The standard InChI is InChI=1S/C7H11NO3S/c1-2-7(9)8-6-3-4-12(10,11)5-6/h2,6H,1,3-5H2,(H,8,9)/t6-/m1/s1. The van der Waals surface area contributed by atoms with E-state index in [2.05, 4.69) is 11.9 Å². The van der Waals surface area contributed by atoms with Gasteiger partial charge in [-0.1, -0.05) is 6.58 Å². The number of hydrogen-bond donors (Lipinski definition) is 1. The average molecular weight is 189 g/mol. The molecule has 0 aromatic rings. The number of sulfone groups is 1. The molecule has 0 aliphatic carbocycles. The summed E-state index contributed by atoms with van der Waals surface area (Å²) in [6.07, 6.45) is 1.66. The lowest BCUT2D eigenvalue weighted by Crippen LogP contribution is -2.34. The van der Waals surface area contributed by atoms with Crippen LogP contribution in [0, 0.1) is 0 Å². The topological polar surface area (TPSA) is 63.2 Å². The minimum atomic E-state index is -2.90. The molecule has 4 nitrogen and oxygen atoms in total. The number of carbonyl (C=O) groups is 1. The van der Waals surface area contributed by atoms with Crippen LogP contribution in [0.5, 0.6) is 0 Å². The lowest BCUT2D eigenvalue weighted by atomic mass is 10.2. The lowest BCUT2D eigenvalue weighted by Gasteiger charge is -2.07. The van der Waals surface area contributed by atoms with Crippen LogP contribution in [-0.2, 0) is 14.6 Å². The van der Waals surface area contributed by atoms with Gasteiger partial charge in [0.15, 0.2) is 9.84 Å². The van der Waals surface area contributed by atoms with Gasteiger partial charge in [-0.3, -0.25) is 4.79 Å². The number of hydrogen-bond acceptors (Lipinski definition) is 3. The highest BCUT2D eigenvalue weighted by Gasteiger charge is 2.28. The van der Waals surface area contributed by atoms with E-state index >= 15 is 0 Å². The van der Waals surface area contributed by atoms with Crippen molar-refractivity contribution in [3.8, 4) is 0 Å². The molecule has 68 valence electrons. The van der Waals surface area contributed by atoms with Gasteiger partial charge in [0.05, 0.1) is 11.5 Å². The van der Waals surface area contributed by atoms with E-state index in [1.165, 1.54) is 0 Å². The Labute approximate surface area is 71.6 Å². The second kappa shape index (κ2) is 3.26. The van der Waals surface area contributed by atoms with Gasteiger partial charge < -0.3 is 5.32 Å². The van der Waals surface area contributed by atoms with Crippen LogP contribution >= 0.6 is 0 Å². The Morgan fingerprint density at radius 3 is 2.67 bits per heavy atom. The molecule has 1 fully saturated rings. The molecule has 1 rings (SSSR count). The van der Waals surface area contributed by atoms with Crippen molar-refractivity contribution in [3.05, 3.63) is 12.7 Å². The molecule has 0 aromatic carbocycles. The molecule has 0 radical (unpaired) electrons. The van der Waals surface area contributed by atoms with E-state index < -0.39 is 9.84 Å². The second-order valence-electron chi connectivity index (χ2n) is 2.81. The zero-order chi connectivity index (χ0) is 9.19. The van der Waals surface area contributed by atoms with E-state index in [-0.39, 0.29) is 23.5 Å². The third-order valence-corrected chi connectivity index (χ3v) is 3.53. The Hall–Kier alpha value is -0.840. The monoisotopic (exact) mass is 189 g/mol. The Balaban J connectivity index is 2.49. The van der Waals surface area contributed by atoms with Crippen LogP contribution in [0.2, 0.25) is 0 Å². The van der Waals surface area contributed by atoms with Crippen LogP contribution in [-0.4, -0.2) is 31.9 Å². The van der Waals surface area contributed by atoms with Crippen LogP contribution in [0.4, 0.5) is 0 Å². The van der Waals surface area contributed by atoms with E-state index in [4.69, 9.17) is 0 Å². The second-order valence-corrected chi connectivity index (χ2v) is 5.04. The minimum Gasteiger partial charge on any atom is -0.349 e. The van der Waals surface area contributed by atoms with Crippen molar-refractivity contribution in [3.63, 3.8) is 0 Å². The summed E-state index contributed by atoms with van der Waals surface area (Å²) in [7, 11) is -2.90. The summed E-state index contributed by atoms with van der Waals surface area (Å²) >= 11 is 0. The summed E-state index contributed by atoms with van der Waals surface area (Å²) in [5, 5.41) is 2.55. The van der Waals surface area contributed by atoms with Crippen LogP contribution in [0.1, 0.15) is 6.42 Å². The molecule has 12 heavy (non-hydrogen) atoms. The highest BCUT2D eigenvalue weighted by molar-refractivity contribution is 7.91. The molecule has 0 spiro atoms. The lowest BCUT2D eigenvalue weighted by molar-refractivity contribution is -0.117. The summed E-state index contributed by atoms with van der Waals surface area (Å²) in [6.45, 7) is 3.28. The third kappa shape index (κ3) is 2.34. The van der Waals surface area contributed by atoms with Gasteiger partial charge in [-0.25, -0.2) is 8.42 Å². The van der Waals surface area contributed by atoms with Gasteiger partial charge in [-0.2, -0.15) is 0 Å². The first-order valence-corrected chi connectivity index (χ1v) is 5.49.